The molecule has 0 heterocycles. The summed E-state index contributed by atoms with van der Waals surface area (Å²) >= 11 is 0. The molecular formula is C13H15FN2O2. The fourth-order valence-corrected chi connectivity index (χ4v) is 1.62. The first-order valence-electron chi connectivity index (χ1n) is 5.62. The molecule has 96 valence electrons. The lowest BCUT2D eigenvalue weighted by Crippen LogP contribution is -2.20. The molecule has 0 fully saturated rings. The van der Waals surface area contributed by atoms with E-state index < -0.39 is 11.8 Å². The third kappa shape index (κ3) is 4.52. The average Bonchev–Trinajstić information content (AvgIpc) is 2.31. The Morgan fingerprint density at radius 2 is 2.28 bits per heavy atom. The molecule has 0 bridgehead atoms. The third-order valence-corrected chi connectivity index (χ3v) is 2.55. The quantitative estimate of drug-likeness (QED) is 0.838. The van der Waals surface area contributed by atoms with Crippen LogP contribution in [0.5, 0.6) is 0 Å². The van der Waals surface area contributed by atoms with Gasteiger partial charge in [0.25, 0.3) is 0 Å². The zero-order valence-electron chi connectivity index (χ0n) is 10.2. The van der Waals surface area contributed by atoms with E-state index in [1.807, 2.05) is 11.0 Å². The molecule has 1 rings (SSSR count). The molecule has 0 amide bonds. The van der Waals surface area contributed by atoms with E-state index in [0.29, 0.717) is 30.6 Å². The molecule has 0 saturated carbocycles. The maximum Gasteiger partial charge on any atom is 0.303 e. The van der Waals surface area contributed by atoms with Crippen LogP contribution in [0, 0.1) is 17.1 Å². The van der Waals surface area contributed by atoms with Crippen molar-refractivity contribution in [1.29, 1.82) is 5.26 Å². The number of hydrogen-bond acceptors (Lipinski definition) is 3. The van der Waals surface area contributed by atoms with Gasteiger partial charge in [-0.15, -0.1) is 0 Å². The van der Waals surface area contributed by atoms with Gasteiger partial charge in [0.15, 0.2) is 0 Å². The normalized spacial score (nSPS) is 10.3. The number of nitrogens with zero attached hydrogens (tertiary/aromatic N) is 2. The first-order valence-corrected chi connectivity index (χ1v) is 5.62. The summed E-state index contributed by atoms with van der Waals surface area (Å²) in [6, 6.07) is 6.24. The van der Waals surface area contributed by atoms with Gasteiger partial charge in [0, 0.05) is 18.5 Å². The summed E-state index contributed by atoms with van der Waals surface area (Å²) in [6.07, 6.45) is 0.643. The van der Waals surface area contributed by atoms with E-state index in [4.69, 9.17) is 10.4 Å². The minimum absolute atomic E-state index is 0.111. The highest BCUT2D eigenvalue weighted by molar-refractivity contribution is 5.66. The van der Waals surface area contributed by atoms with E-state index in [1.165, 1.54) is 6.07 Å². The van der Waals surface area contributed by atoms with Crippen molar-refractivity contribution >= 4 is 5.97 Å². The molecule has 4 nitrogen and oxygen atoms in total. The average molecular weight is 250 g/mol. The van der Waals surface area contributed by atoms with Gasteiger partial charge in [0.1, 0.15) is 5.82 Å². The SMILES string of the molecule is CN(CCCC(=O)O)Cc1ccc(C#N)cc1F. The lowest BCUT2D eigenvalue weighted by molar-refractivity contribution is -0.137. The Morgan fingerprint density at radius 3 is 2.83 bits per heavy atom. The molecule has 0 unspecified atom stereocenters. The zero-order valence-corrected chi connectivity index (χ0v) is 10.2. The van der Waals surface area contributed by atoms with Crippen LogP contribution in [0.3, 0.4) is 0 Å². The van der Waals surface area contributed by atoms with E-state index in [-0.39, 0.29) is 6.42 Å². The van der Waals surface area contributed by atoms with Crippen molar-refractivity contribution < 1.29 is 14.3 Å². The van der Waals surface area contributed by atoms with Gasteiger partial charge in [-0.05, 0) is 32.1 Å². The van der Waals surface area contributed by atoms with Gasteiger partial charge >= 0.3 is 5.97 Å². The van der Waals surface area contributed by atoms with Crippen LogP contribution in [0.25, 0.3) is 0 Å². The number of rotatable bonds is 6. The summed E-state index contributed by atoms with van der Waals surface area (Å²) < 4.78 is 13.6. The molecule has 0 spiro atoms. The highest BCUT2D eigenvalue weighted by atomic mass is 19.1. The molecule has 0 aliphatic carbocycles. The van der Waals surface area contributed by atoms with Crippen LogP contribution in [0.2, 0.25) is 0 Å². The topological polar surface area (TPSA) is 64.3 Å². The molecular weight excluding hydrogens is 235 g/mol. The maximum absolute atomic E-state index is 13.6. The van der Waals surface area contributed by atoms with Crippen molar-refractivity contribution in [3.05, 3.63) is 35.1 Å². The largest absolute Gasteiger partial charge is 0.481 e. The van der Waals surface area contributed by atoms with Crippen molar-refractivity contribution in [2.45, 2.75) is 19.4 Å². The molecule has 1 aromatic carbocycles. The number of carboxylic acids is 1. The molecule has 0 aliphatic rings. The Labute approximate surface area is 105 Å². The Bertz CT molecular complexity index is 469. The van der Waals surface area contributed by atoms with Crippen LogP contribution in [0.4, 0.5) is 4.39 Å². The molecule has 0 radical (unpaired) electrons. The number of carbonyl (C=O) groups is 1. The summed E-state index contributed by atoms with van der Waals surface area (Å²) in [6.45, 7) is 0.989. The van der Waals surface area contributed by atoms with Gasteiger partial charge in [-0.1, -0.05) is 6.07 Å². The van der Waals surface area contributed by atoms with Crippen LogP contribution in [0.1, 0.15) is 24.0 Å². The summed E-state index contributed by atoms with van der Waals surface area (Å²) in [7, 11) is 1.81. The van der Waals surface area contributed by atoms with E-state index in [9.17, 15) is 9.18 Å². The van der Waals surface area contributed by atoms with Gasteiger partial charge in [0.2, 0.25) is 0 Å². The van der Waals surface area contributed by atoms with Crippen LogP contribution in [0.15, 0.2) is 18.2 Å². The number of aliphatic carboxylic acids is 1. The first-order chi connectivity index (χ1) is 8.52. The van der Waals surface area contributed by atoms with Gasteiger partial charge in [-0.25, -0.2) is 4.39 Å². The Balaban J connectivity index is 2.52. The first kappa shape index (κ1) is 14.1. The van der Waals surface area contributed by atoms with E-state index in [0.717, 1.165) is 0 Å². The molecule has 0 aliphatic heterocycles. The number of nitriles is 1. The number of hydrogen-bond donors (Lipinski definition) is 1. The summed E-state index contributed by atoms with van der Waals surface area (Å²) in [5, 5.41) is 17.1. The van der Waals surface area contributed by atoms with Gasteiger partial charge in [-0.2, -0.15) is 5.26 Å². The Hall–Kier alpha value is -1.93. The zero-order chi connectivity index (χ0) is 13.5. The van der Waals surface area contributed by atoms with Gasteiger partial charge < -0.3 is 10.0 Å². The monoisotopic (exact) mass is 250 g/mol. The van der Waals surface area contributed by atoms with Crippen molar-refractivity contribution in [2.24, 2.45) is 0 Å². The second-order valence-electron chi connectivity index (χ2n) is 4.15. The number of benzene rings is 1. The van der Waals surface area contributed by atoms with Gasteiger partial charge in [0.05, 0.1) is 11.6 Å². The van der Waals surface area contributed by atoms with Crippen LogP contribution < -0.4 is 0 Å². The lowest BCUT2D eigenvalue weighted by atomic mass is 10.1. The standard InChI is InChI=1S/C13H15FN2O2/c1-16(6-2-3-13(17)18)9-11-5-4-10(8-15)7-12(11)14/h4-5,7H,2-3,6,9H2,1H3,(H,17,18). The van der Waals surface area contributed by atoms with Crippen LogP contribution in [-0.4, -0.2) is 29.6 Å². The molecule has 0 aromatic heterocycles. The smallest absolute Gasteiger partial charge is 0.303 e. The Kier molecular flexibility index (Phi) is 5.28. The summed E-state index contributed by atoms with van der Waals surface area (Å²) in [5.74, 6) is -1.23. The van der Waals surface area contributed by atoms with Crippen molar-refractivity contribution in [3.63, 3.8) is 0 Å². The van der Waals surface area contributed by atoms with Crippen LogP contribution in [-0.2, 0) is 11.3 Å². The number of halogens is 1. The van der Waals surface area contributed by atoms with E-state index in [1.54, 1.807) is 19.2 Å². The fraction of sp³-hybridized carbons (Fsp3) is 0.385. The molecule has 1 aromatic rings. The second kappa shape index (κ2) is 6.72. The maximum atomic E-state index is 13.6. The summed E-state index contributed by atoms with van der Waals surface area (Å²) in [5.41, 5.74) is 0.802. The van der Waals surface area contributed by atoms with Crippen molar-refractivity contribution in [2.75, 3.05) is 13.6 Å². The number of carboxylic acid groups (broad SMARTS) is 1. The van der Waals surface area contributed by atoms with E-state index in [2.05, 4.69) is 0 Å². The third-order valence-electron chi connectivity index (χ3n) is 2.55. The highest BCUT2D eigenvalue weighted by Gasteiger charge is 2.07. The van der Waals surface area contributed by atoms with Crippen molar-refractivity contribution in [3.8, 4) is 6.07 Å². The van der Waals surface area contributed by atoms with Gasteiger partial charge in [-0.3, -0.25) is 4.79 Å². The molecule has 0 atom stereocenters. The Morgan fingerprint density at radius 1 is 1.56 bits per heavy atom. The van der Waals surface area contributed by atoms with E-state index >= 15 is 0 Å². The minimum atomic E-state index is -0.826. The molecule has 5 heteroatoms. The minimum Gasteiger partial charge on any atom is -0.481 e. The van der Waals surface area contributed by atoms with Crippen molar-refractivity contribution in [1.82, 2.24) is 4.90 Å². The second-order valence-corrected chi connectivity index (χ2v) is 4.15. The molecule has 1 N–H and O–H groups in total. The predicted molar refractivity (Wildman–Crippen MR) is 64.3 cm³/mol. The molecule has 0 saturated heterocycles. The van der Waals surface area contributed by atoms with Crippen LogP contribution >= 0.6 is 0 Å². The lowest BCUT2D eigenvalue weighted by Gasteiger charge is -2.16. The summed E-state index contributed by atoms with van der Waals surface area (Å²) in [4.78, 5) is 12.2. The predicted octanol–water partition coefficient (Wildman–Crippen LogP) is 1.99. The fourth-order valence-electron chi connectivity index (χ4n) is 1.62. The molecule has 18 heavy (non-hydrogen) atoms. The highest BCUT2D eigenvalue weighted by Crippen LogP contribution is 2.12.